The van der Waals surface area contributed by atoms with Crippen molar-refractivity contribution in [2.75, 3.05) is 17.4 Å². The van der Waals surface area contributed by atoms with E-state index in [4.69, 9.17) is 0 Å². The Kier molecular flexibility index (Phi) is 7.62. The second-order valence-electron chi connectivity index (χ2n) is 7.11. The third-order valence-corrected chi connectivity index (χ3v) is 6.56. The SMILES string of the molecule is Cc1ccc(S(=O)(=O)N(CCCNC(=O)/C=C/c2ccccc2)c2ccccc2)cc1. The van der Waals surface area contributed by atoms with E-state index in [9.17, 15) is 13.2 Å². The number of carbonyl (C=O) groups excluding carboxylic acids is 1. The first-order valence-electron chi connectivity index (χ1n) is 10.1. The number of nitrogens with zero attached hydrogens (tertiary/aromatic N) is 1. The lowest BCUT2D eigenvalue weighted by Gasteiger charge is -2.24. The van der Waals surface area contributed by atoms with E-state index in [-0.39, 0.29) is 17.3 Å². The van der Waals surface area contributed by atoms with Crippen LogP contribution in [-0.2, 0) is 14.8 Å². The van der Waals surface area contributed by atoms with Crippen molar-refractivity contribution in [1.29, 1.82) is 0 Å². The molecule has 0 aliphatic carbocycles. The summed E-state index contributed by atoms with van der Waals surface area (Å²) in [6, 6.07) is 25.4. The van der Waals surface area contributed by atoms with E-state index in [0.717, 1.165) is 11.1 Å². The Balaban J connectivity index is 1.64. The molecule has 0 bridgehead atoms. The molecule has 5 nitrogen and oxygen atoms in total. The zero-order valence-corrected chi connectivity index (χ0v) is 18.3. The summed E-state index contributed by atoms with van der Waals surface area (Å²) in [6.45, 7) is 2.54. The number of sulfonamides is 1. The van der Waals surface area contributed by atoms with E-state index >= 15 is 0 Å². The van der Waals surface area contributed by atoms with E-state index in [2.05, 4.69) is 5.32 Å². The zero-order chi connectivity index (χ0) is 22.1. The number of rotatable bonds is 9. The van der Waals surface area contributed by atoms with Crippen molar-refractivity contribution >= 4 is 27.7 Å². The molecule has 0 fully saturated rings. The summed E-state index contributed by atoms with van der Waals surface area (Å²) in [5.74, 6) is -0.212. The first-order chi connectivity index (χ1) is 15.0. The summed E-state index contributed by atoms with van der Waals surface area (Å²) >= 11 is 0. The highest BCUT2D eigenvalue weighted by molar-refractivity contribution is 7.92. The van der Waals surface area contributed by atoms with Crippen LogP contribution < -0.4 is 9.62 Å². The minimum Gasteiger partial charge on any atom is -0.352 e. The summed E-state index contributed by atoms with van der Waals surface area (Å²) < 4.78 is 27.9. The van der Waals surface area contributed by atoms with Crippen LogP contribution in [-0.4, -0.2) is 27.4 Å². The topological polar surface area (TPSA) is 66.5 Å². The van der Waals surface area contributed by atoms with Gasteiger partial charge in [-0.1, -0.05) is 66.2 Å². The Labute approximate surface area is 184 Å². The molecular weight excluding hydrogens is 408 g/mol. The summed E-state index contributed by atoms with van der Waals surface area (Å²) in [6.07, 6.45) is 3.70. The highest BCUT2D eigenvalue weighted by Gasteiger charge is 2.24. The third-order valence-electron chi connectivity index (χ3n) is 4.72. The van der Waals surface area contributed by atoms with Crippen LogP contribution in [0.1, 0.15) is 17.5 Å². The van der Waals surface area contributed by atoms with Gasteiger partial charge in [0.15, 0.2) is 0 Å². The Bertz CT molecular complexity index is 1110. The minimum atomic E-state index is -3.71. The number of benzene rings is 3. The van der Waals surface area contributed by atoms with Gasteiger partial charge in [0, 0.05) is 19.2 Å². The molecule has 3 rings (SSSR count). The van der Waals surface area contributed by atoms with Gasteiger partial charge in [-0.05, 0) is 49.2 Å². The zero-order valence-electron chi connectivity index (χ0n) is 17.4. The van der Waals surface area contributed by atoms with Crippen LogP contribution in [0.3, 0.4) is 0 Å². The number of carbonyl (C=O) groups is 1. The van der Waals surface area contributed by atoms with Crippen LogP contribution in [0.4, 0.5) is 5.69 Å². The Morgan fingerprint density at radius 3 is 2.16 bits per heavy atom. The lowest BCUT2D eigenvalue weighted by molar-refractivity contribution is -0.116. The van der Waals surface area contributed by atoms with Gasteiger partial charge in [-0.15, -0.1) is 0 Å². The summed E-state index contributed by atoms with van der Waals surface area (Å²) in [5.41, 5.74) is 2.53. The first-order valence-corrected chi connectivity index (χ1v) is 11.6. The quantitative estimate of drug-likeness (QED) is 0.401. The maximum Gasteiger partial charge on any atom is 0.264 e. The molecule has 1 amide bonds. The molecular formula is C25H26N2O3S. The van der Waals surface area contributed by atoms with Crippen molar-refractivity contribution in [3.8, 4) is 0 Å². The van der Waals surface area contributed by atoms with Gasteiger partial charge < -0.3 is 5.32 Å². The summed E-state index contributed by atoms with van der Waals surface area (Å²) in [5, 5.41) is 2.81. The standard InChI is InChI=1S/C25H26N2O3S/c1-21-13-16-24(17-14-21)31(29,30)27(23-11-6-3-7-12-23)20-8-19-26-25(28)18-15-22-9-4-2-5-10-22/h2-7,9-18H,8,19-20H2,1H3,(H,26,28)/b18-15+. The van der Waals surface area contributed by atoms with Crippen molar-refractivity contribution < 1.29 is 13.2 Å². The molecule has 0 radical (unpaired) electrons. The molecule has 31 heavy (non-hydrogen) atoms. The average Bonchev–Trinajstić information content (AvgIpc) is 2.79. The molecule has 0 saturated carbocycles. The molecule has 0 heterocycles. The maximum atomic E-state index is 13.3. The predicted molar refractivity (Wildman–Crippen MR) is 125 cm³/mol. The fraction of sp³-hybridized carbons (Fsp3) is 0.160. The van der Waals surface area contributed by atoms with E-state index in [0.29, 0.717) is 18.7 Å². The number of aryl methyl sites for hydroxylation is 1. The van der Waals surface area contributed by atoms with Crippen LogP contribution >= 0.6 is 0 Å². The van der Waals surface area contributed by atoms with Gasteiger partial charge >= 0.3 is 0 Å². The molecule has 0 aliphatic rings. The van der Waals surface area contributed by atoms with Crippen LogP contribution in [0.2, 0.25) is 0 Å². The van der Waals surface area contributed by atoms with Gasteiger partial charge in [0.25, 0.3) is 10.0 Å². The molecule has 0 spiro atoms. The fourth-order valence-electron chi connectivity index (χ4n) is 3.05. The van der Waals surface area contributed by atoms with Gasteiger partial charge in [0.2, 0.25) is 5.91 Å². The van der Waals surface area contributed by atoms with Crippen molar-refractivity contribution in [2.45, 2.75) is 18.2 Å². The van der Waals surface area contributed by atoms with E-state index < -0.39 is 10.0 Å². The highest BCUT2D eigenvalue weighted by Crippen LogP contribution is 2.24. The molecule has 3 aromatic carbocycles. The lowest BCUT2D eigenvalue weighted by Crippen LogP contribution is -2.34. The number of hydrogen-bond donors (Lipinski definition) is 1. The fourth-order valence-corrected chi connectivity index (χ4v) is 4.55. The second kappa shape index (κ2) is 10.6. The van der Waals surface area contributed by atoms with Gasteiger partial charge in [-0.3, -0.25) is 9.10 Å². The van der Waals surface area contributed by atoms with Crippen molar-refractivity contribution in [1.82, 2.24) is 5.32 Å². The van der Waals surface area contributed by atoms with Gasteiger partial charge in [0.05, 0.1) is 10.6 Å². The normalized spacial score (nSPS) is 11.4. The summed E-state index contributed by atoms with van der Waals surface area (Å²) in [4.78, 5) is 12.3. The predicted octanol–water partition coefficient (Wildman–Crippen LogP) is 4.41. The molecule has 1 N–H and O–H groups in total. The highest BCUT2D eigenvalue weighted by atomic mass is 32.2. The van der Waals surface area contributed by atoms with Crippen molar-refractivity contribution in [3.05, 3.63) is 102 Å². The average molecular weight is 435 g/mol. The number of amides is 1. The largest absolute Gasteiger partial charge is 0.352 e. The molecule has 0 aliphatic heterocycles. The molecule has 0 unspecified atom stereocenters. The minimum absolute atomic E-state index is 0.212. The molecule has 3 aromatic rings. The van der Waals surface area contributed by atoms with Crippen LogP contribution in [0.15, 0.2) is 95.9 Å². The van der Waals surface area contributed by atoms with Gasteiger partial charge in [-0.2, -0.15) is 0 Å². The number of anilines is 1. The van der Waals surface area contributed by atoms with Crippen molar-refractivity contribution in [2.24, 2.45) is 0 Å². The Hall–Kier alpha value is -3.38. The van der Waals surface area contributed by atoms with Crippen molar-refractivity contribution in [3.63, 3.8) is 0 Å². The summed E-state index contributed by atoms with van der Waals surface area (Å²) in [7, 11) is -3.71. The van der Waals surface area contributed by atoms with E-state index in [1.807, 2.05) is 55.5 Å². The molecule has 0 atom stereocenters. The van der Waals surface area contributed by atoms with Gasteiger partial charge in [-0.25, -0.2) is 8.42 Å². The smallest absolute Gasteiger partial charge is 0.264 e. The molecule has 160 valence electrons. The van der Waals surface area contributed by atoms with Crippen LogP contribution in [0, 0.1) is 6.92 Å². The van der Waals surface area contributed by atoms with E-state index in [1.54, 1.807) is 42.5 Å². The second-order valence-corrected chi connectivity index (χ2v) is 8.98. The third kappa shape index (κ3) is 6.30. The van der Waals surface area contributed by atoms with Crippen LogP contribution in [0.25, 0.3) is 6.08 Å². The first kappa shape index (κ1) is 22.3. The monoisotopic (exact) mass is 434 g/mol. The molecule has 0 saturated heterocycles. The maximum absolute atomic E-state index is 13.3. The Morgan fingerprint density at radius 2 is 1.52 bits per heavy atom. The molecule has 6 heteroatoms. The Morgan fingerprint density at radius 1 is 0.903 bits per heavy atom. The lowest BCUT2D eigenvalue weighted by atomic mass is 10.2. The number of para-hydroxylation sites is 1. The van der Waals surface area contributed by atoms with Gasteiger partial charge in [0.1, 0.15) is 0 Å². The van der Waals surface area contributed by atoms with Crippen LogP contribution in [0.5, 0.6) is 0 Å². The molecule has 0 aromatic heterocycles. The van der Waals surface area contributed by atoms with E-state index in [1.165, 1.54) is 10.4 Å². The number of hydrogen-bond acceptors (Lipinski definition) is 3. The number of nitrogens with one attached hydrogen (secondary N) is 1.